The molecular weight excluding hydrogens is 359 g/mol. The molecule has 0 heterocycles. The Morgan fingerprint density at radius 3 is 2.25 bits per heavy atom. The Morgan fingerprint density at radius 1 is 0.900 bits per heavy atom. The summed E-state index contributed by atoms with van der Waals surface area (Å²) < 4.78 is 0. The van der Waals surface area contributed by atoms with E-state index in [9.17, 15) is 0 Å². The SMILES string of the molecule is CNCc1cc(Cl)ccc1-c1c(Cl)cc(Cl)c(Cl)c1Cl. The van der Waals surface area contributed by atoms with Crippen molar-refractivity contribution in [2.45, 2.75) is 6.54 Å². The molecule has 6 heteroatoms. The number of rotatable bonds is 3. The smallest absolute Gasteiger partial charge is 0.0785 e. The van der Waals surface area contributed by atoms with Crippen LogP contribution in [0.2, 0.25) is 25.1 Å². The summed E-state index contributed by atoms with van der Waals surface area (Å²) in [5, 5.41) is 5.13. The van der Waals surface area contributed by atoms with Gasteiger partial charge in [-0.15, -0.1) is 0 Å². The van der Waals surface area contributed by atoms with Gasteiger partial charge in [0, 0.05) is 17.1 Å². The fourth-order valence-electron chi connectivity index (χ4n) is 1.96. The first-order valence-electron chi connectivity index (χ1n) is 5.72. The van der Waals surface area contributed by atoms with E-state index < -0.39 is 0 Å². The highest BCUT2D eigenvalue weighted by Crippen LogP contribution is 2.44. The van der Waals surface area contributed by atoms with Gasteiger partial charge in [-0.05, 0) is 36.4 Å². The fourth-order valence-corrected chi connectivity index (χ4v) is 3.27. The molecule has 0 atom stereocenters. The van der Waals surface area contributed by atoms with Crippen LogP contribution in [-0.2, 0) is 6.54 Å². The minimum atomic E-state index is 0.290. The van der Waals surface area contributed by atoms with Gasteiger partial charge in [0.15, 0.2) is 0 Å². The van der Waals surface area contributed by atoms with Gasteiger partial charge in [0.25, 0.3) is 0 Å². The molecule has 0 spiro atoms. The van der Waals surface area contributed by atoms with Crippen molar-refractivity contribution in [1.29, 1.82) is 0 Å². The molecule has 0 aliphatic heterocycles. The maximum absolute atomic E-state index is 6.30. The second-order valence-corrected chi connectivity index (χ2v) is 6.18. The van der Waals surface area contributed by atoms with Crippen molar-refractivity contribution in [2.75, 3.05) is 7.05 Å². The van der Waals surface area contributed by atoms with Crippen LogP contribution in [0.1, 0.15) is 5.56 Å². The van der Waals surface area contributed by atoms with E-state index in [2.05, 4.69) is 5.32 Å². The summed E-state index contributed by atoms with van der Waals surface area (Å²) in [4.78, 5) is 0. The summed E-state index contributed by atoms with van der Waals surface area (Å²) in [6, 6.07) is 7.10. The predicted octanol–water partition coefficient (Wildman–Crippen LogP) is 6.34. The molecular formula is C14H10Cl5N. The molecule has 0 aliphatic carbocycles. The van der Waals surface area contributed by atoms with Crippen molar-refractivity contribution in [3.8, 4) is 11.1 Å². The van der Waals surface area contributed by atoms with Crippen LogP contribution in [0, 0.1) is 0 Å². The molecule has 2 rings (SSSR count). The summed E-state index contributed by atoms with van der Waals surface area (Å²) >= 11 is 30.7. The van der Waals surface area contributed by atoms with Crippen molar-refractivity contribution < 1.29 is 0 Å². The van der Waals surface area contributed by atoms with E-state index in [0.717, 1.165) is 11.1 Å². The molecule has 0 amide bonds. The van der Waals surface area contributed by atoms with Crippen molar-refractivity contribution in [1.82, 2.24) is 5.32 Å². The van der Waals surface area contributed by atoms with Gasteiger partial charge < -0.3 is 5.32 Å². The zero-order valence-corrected chi connectivity index (χ0v) is 14.2. The maximum Gasteiger partial charge on any atom is 0.0785 e. The summed E-state index contributed by atoms with van der Waals surface area (Å²) in [5.41, 5.74) is 2.50. The molecule has 0 saturated heterocycles. The Labute approximate surface area is 142 Å². The lowest BCUT2D eigenvalue weighted by Gasteiger charge is -2.15. The van der Waals surface area contributed by atoms with Crippen LogP contribution >= 0.6 is 58.0 Å². The first kappa shape index (κ1) is 16.2. The molecule has 2 aromatic carbocycles. The van der Waals surface area contributed by atoms with Gasteiger partial charge in [-0.25, -0.2) is 0 Å². The molecule has 1 N–H and O–H groups in total. The lowest BCUT2D eigenvalue weighted by atomic mass is 9.99. The Bertz CT molecular complexity index is 654. The minimum absolute atomic E-state index is 0.290. The van der Waals surface area contributed by atoms with E-state index in [1.165, 1.54) is 0 Å². The van der Waals surface area contributed by atoms with Crippen molar-refractivity contribution in [3.05, 3.63) is 54.9 Å². The quantitative estimate of drug-likeness (QED) is 0.492. The van der Waals surface area contributed by atoms with Crippen molar-refractivity contribution >= 4 is 58.0 Å². The lowest BCUT2D eigenvalue weighted by Crippen LogP contribution is -2.06. The van der Waals surface area contributed by atoms with E-state index >= 15 is 0 Å². The Morgan fingerprint density at radius 2 is 1.60 bits per heavy atom. The van der Waals surface area contributed by atoms with Crippen LogP contribution in [0.3, 0.4) is 0 Å². The number of hydrogen-bond acceptors (Lipinski definition) is 1. The molecule has 106 valence electrons. The van der Waals surface area contributed by atoms with E-state index in [0.29, 0.717) is 32.2 Å². The third-order valence-electron chi connectivity index (χ3n) is 2.82. The summed E-state index contributed by atoms with van der Waals surface area (Å²) in [6.07, 6.45) is 0. The molecule has 0 bridgehead atoms. The summed E-state index contributed by atoms with van der Waals surface area (Å²) in [7, 11) is 1.85. The molecule has 0 aromatic heterocycles. The highest BCUT2D eigenvalue weighted by Gasteiger charge is 2.17. The molecule has 20 heavy (non-hydrogen) atoms. The van der Waals surface area contributed by atoms with E-state index in [1.54, 1.807) is 12.1 Å². The average Bonchev–Trinajstić information content (AvgIpc) is 2.39. The third-order valence-corrected chi connectivity index (χ3v) is 4.61. The molecule has 1 nitrogen and oxygen atoms in total. The van der Waals surface area contributed by atoms with Gasteiger partial charge in [-0.1, -0.05) is 64.1 Å². The number of halogens is 5. The van der Waals surface area contributed by atoms with Crippen LogP contribution in [0.4, 0.5) is 0 Å². The Kier molecular flexibility index (Phi) is 5.47. The summed E-state index contributed by atoms with van der Waals surface area (Å²) in [6.45, 7) is 0.628. The number of hydrogen-bond donors (Lipinski definition) is 1. The predicted molar refractivity (Wildman–Crippen MR) is 89.7 cm³/mol. The van der Waals surface area contributed by atoms with Crippen LogP contribution in [0.15, 0.2) is 24.3 Å². The van der Waals surface area contributed by atoms with Gasteiger partial charge in [-0.2, -0.15) is 0 Å². The topological polar surface area (TPSA) is 12.0 Å². The molecule has 0 fully saturated rings. The standard InChI is InChI=1S/C14H10Cl5N/c1-20-6-7-4-8(15)2-3-9(7)12-10(16)5-11(17)13(18)14(12)19/h2-5,20H,6H2,1H3. The average molecular weight is 370 g/mol. The van der Waals surface area contributed by atoms with E-state index in [1.807, 2.05) is 19.2 Å². The lowest BCUT2D eigenvalue weighted by molar-refractivity contribution is 0.819. The molecule has 0 unspecified atom stereocenters. The fraction of sp³-hybridized carbons (Fsp3) is 0.143. The number of nitrogens with one attached hydrogen (secondary N) is 1. The first-order chi connectivity index (χ1) is 9.45. The zero-order valence-electron chi connectivity index (χ0n) is 10.4. The minimum Gasteiger partial charge on any atom is -0.316 e. The second-order valence-electron chi connectivity index (χ2n) is 4.17. The van der Waals surface area contributed by atoms with Gasteiger partial charge in [0.2, 0.25) is 0 Å². The van der Waals surface area contributed by atoms with Gasteiger partial charge >= 0.3 is 0 Å². The van der Waals surface area contributed by atoms with Crippen molar-refractivity contribution in [3.63, 3.8) is 0 Å². The van der Waals surface area contributed by atoms with Gasteiger partial charge in [-0.3, -0.25) is 0 Å². The Balaban J connectivity index is 2.71. The van der Waals surface area contributed by atoms with Crippen LogP contribution in [-0.4, -0.2) is 7.05 Å². The summed E-state index contributed by atoms with van der Waals surface area (Å²) in [5.74, 6) is 0. The monoisotopic (exact) mass is 367 g/mol. The normalized spacial score (nSPS) is 10.9. The molecule has 0 aliphatic rings. The molecule has 0 radical (unpaired) electrons. The largest absolute Gasteiger partial charge is 0.316 e. The van der Waals surface area contributed by atoms with Crippen LogP contribution < -0.4 is 5.32 Å². The van der Waals surface area contributed by atoms with Gasteiger partial charge in [0.05, 0.1) is 20.1 Å². The van der Waals surface area contributed by atoms with Crippen LogP contribution in [0.25, 0.3) is 11.1 Å². The maximum atomic E-state index is 6.30. The van der Waals surface area contributed by atoms with E-state index in [-0.39, 0.29) is 5.02 Å². The van der Waals surface area contributed by atoms with Crippen LogP contribution in [0.5, 0.6) is 0 Å². The molecule has 2 aromatic rings. The number of benzene rings is 2. The Hall–Kier alpha value is -0.150. The zero-order chi connectivity index (χ0) is 14.9. The van der Waals surface area contributed by atoms with Crippen molar-refractivity contribution in [2.24, 2.45) is 0 Å². The highest BCUT2D eigenvalue weighted by molar-refractivity contribution is 6.51. The van der Waals surface area contributed by atoms with Gasteiger partial charge in [0.1, 0.15) is 0 Å². The first-order valence-corrected chi connectivity index (χ1v) is 7.61. The second kappa shape index (κ2) is 6.74. The highest BCUT2D eigenvalue weighted by atomic mass is 35.5. The molecule has 0 saturated carbocycles. The van der Waals surface area contributed by atoms with E-state index in [4.69, 9.17) is 58.0 Å². The third kappa shape index (κ3) is 3.19.